The van der Waals surface area contributed by atoms with Crippen LogP contribution in [0.25, 0.3) is 0 Å². The Morgan fingerprint density at radius 3 is 2.78 bits per heavy atom. The molecule has 0 spiro atoms. The first kappa shape index (κ1) is 13.1. The number of carbonyl (C=O) groups is 1. The minimum atomic E-state index is -0.227. The number of halogens is 1. The number of benzene rings is 1. The Hall–Kier alpha value is -1.38. The number of rotatable bonds is 3. The summed E-state index contributed by atoms with van der Waals surface area (Å²) in [5, 5.41) is 0. The van der Waals surface area contributed by atoms with Crippen LogP contribution < -0.4 is 0 Å². The maximum absolute atomic E-state index is 12.7. The normalized spacial score (nSPS) is 19.9. The van der Waals surface area contributed by atoms with E-state index in [1.54, 1.807) is 12.1 Å². The van der Waals surface area contributed by atoms with Crippen LogP contribution in [0.3, 0.4) is 0 Å². The van der Waals surface area contributed by atoms with Crippen molar-refractivity contribution < 1.29 is 9.18 Å². The van der Waals surface area contributed by atoms with Gasteiger partial charge in [-0.2, -0.15) is 0 Å². The Morgan fingerprint density at radius 1 is 1.39 bits per heavy atom. The van der Waals surface area contributed by atoms with Gasteiger partial charge in [-0.3, -0.25) is 4.79 Å². The summed E-state index contributed by atoms with van der Waals surface area (Å²) in [4.78, 5) is 14.0. The highest BCUT2D eigenvalue weighted by atomic mass is 19.1. The van der Waals surface area contributed by atoms with Crippen molar-refractivity contribution >= 4 is 5.91 Å². The molecule has 1 atom stereocenters. The number of hydrogen-bond donors (Lipinski definition) is 0. The van der Waals surface area contributed by atoms with Gasteiger partial charge in [-0.25, -0.2) is 4.39 Å². The van der Waals surface area contributed by atoms with E-state index in [0.717, 1.165) is 25.1 Å². The summed E-state index contributed by atoms with van der Waals surface area (Å²) >= 11 is 0. The standard InChI is InChI=1S/C15H20FNO/c1-12-3-2-10-17(11-12)15(18)9-6-13-4-7-14(16)8-5-13/h4-5,7-8,12H,2-3,6,9-11H2,1H3. The van der Waals surface area contributed by atoms with Crippen molar-refractivity contribution in [2.75, 3.05) is 13.1 Å². The average Bonchev–Trinajstić information content (AvgIpc) is 2.38. The SMILES string of the molecule is CC1CCCN(C(=O)CCc2ccc(F)cc2)C1. The Balaban J connectivity index is 1.82. The molecule has 0 bridgehead atoms. The van der Waals surface area contributed by atoms with Gasteiger partial charge in [-0.15, -0.1) is 0 Å². The molecule has 1 aromatic rings. The van der Waals surface area contributed by atoms with E-state index in [-0.39, 0.29) is 11.7 Å². The van der Waals surface area contributed by atoms with Crippen LogP contribution in [-0.4, -0.2) is 23.9 Å². The van der Waals surface area contributed by atoms with Crippen LogP contribution in [0.4, 0.5) is 4.39 Å². The quantitative estimate of drug-likeness (QED) is 0.806. The summed E-state index contributed by atoms with van der Waals surface area (Å²) in [5.74, 6) is 0.620. The summed E-state index contributed by atoms with van der Waals surface area (Å²) in [6.45, 7) is 3.98. The van der Waals surface area contributed by atoms with Crippen LogP contribution in [0.15, 0.2) is 24.3 Å². The first-order valence-electron chi connectivity index (χ1n) is 6.67. The molecule has 18 heavy (non-hydrogen) atoms. The zero-order valence-electron chi connectivity index (χ0n) is 10.9. The van der Waals surface area contributed by atoms with E-state index >= 15 is 0 Å². The van der Waals surface area contributed by atoms with Crippen molar-refractivity contribution in [3.63, 3.8) is 0 Å². The molecule has 1 aromatic carbocycles. The van der Waals surface area contributed by atoms with Crippen molar-refractivity contribution in [3.05, 3.63) is 35.6 Å². The molecule has 1 fully saturated rings. The summed E-state index contributed by atoms with van der Waals surface area (Å²) in [5.41, 5.74) is 1.02. The van der Waals surface area contributed by atoms with Gasteiger partial charge in [0.25, 0.3) is 0 Å². The number of aryl methyl sites for hydroxylation is 1. The van der Waals surface area contributed by atoms with Gasteiger partial charge in [0.05, 0.1) is 0 Å². The van der Waals surface area contributed by atoms with Gasteiger partial charge in [0.1, 0.15) is 5.82 Å². The Bertz CT molecular complexity index is 401. The van der Waals surface area contributed by atoms with Crippen molar-refractivity contribution in [3.8, 4) is 0 Å². The van der Waals surface area contributed by atoms with Crippen LogP contribution >= 0.6 is 0 Å². The zero-order valence-corrected chi connectivity index (χ0v) is 10.9. The number of likely N-dealkylation sites (tertiary alicyclic amines) is 1. The molecule has 1 amide bonds. The number of carbonyl (C=O) groups excluding carboxylic acids is 1. The van der Waals surface area contributed by atoms with Gasteiger partial charge in [0.2, 0.25) is 5.91 Å². The molecule has 0 aliphatic carbocycles. The highest BCUT2D eigenvalue weighted by Gasteiger charge is 2.20. The van der Waals surface area contributed by atoms with Crippen LogP contribution in [-0.2, 0) is 11.2 Å². The first-order chi connectivity index (χ1) is 8.65. The Kier molecular flexibility index (Phi) is 4.34. The van der Waals surface area contributed by atoms with E-state index in [9.17, 15) is 9.18 Å². The van der Waals surface area contributed by atoms with Gasteiger partial charge < -0.3 is 4.90 Å². The largest absolute Gasteiger partial charge is 0.342 e. The topological polar surface area (TPSA) is 20.3 Å². The molecule has 3 heteroatoms. The minimum Gasteiger partial charge on any atom is -0.342 e. The molecule has 1 heterocycles. The second kappa shape index (κ2) is 5.98. The number of hydrogen-bond acceptors (Lipinski definition) is 1. The zero-order chi connectivity index (χ0) is 13.0. The molecule has 2 rings (SSSR count). The summed E-state index contributed by atoms with van der Waals surface area (Å²) in [6, 6.07) is 6.40. The van der Waals surface area contributed by atoms with Crippen molar-refractivity contribution in [2.45, 2.75) is 32.6 Å². The predicted molar refractivity (Wildman–Crippen MR) is 69.7 cm³/mol. The van der Waals surface area contributed by atoms with Crippen LogP contribution in [0.1, 0.15) is 31.7 Å². The van der Waals surface area contributed by atoms with Gasteiger partial charge in [-0.05, 0) is 42.9 Å². The molecule has 0 radical (unpaired) electrons. The smallest absolute Gasteiger partial charge is 0.222 e. The van der Waals surface area contributed by atoms with E-state index in [1.807, 2.05) is 4.90 Å². The van der Waals surface area contributed by atoms with Gasteiger partial charge >= 0.3 is 0 Å². The maximum atomic E-state index is 12.7. The molecule has 2 nitrogen and oxygen atoms in total. The number of piperidine rings is 1. The lowest BCUT2D eigenvalue weighted by atomic mass is 9.99. The Labute approximate surface area is 108 Å². The molecule has 1 aliphatic rings. The lowest BCUT2D eigenvalue weighted by Gasteiger charge is -2.31. The summed E-state index contributed by atoms with van der Waals surface area (Å²) in [6.07, 6.45) is 3.56. The predicted octanol–water partition coefficient (Wildman–Crippen LogP) is 3.02. The van der Waals surface area contributed by atoms with Crippen molar-refractivity contribution in [1.29, 1.82) is 0 Å². The average molecular weight is 249 g/mol. The first-order valence-corrected chi connectivity index (χ1v) is 6.67. The van der Waals surface area contributed by atoms with Crippen LogP contribution in [0, 0.1) is 11.7 Å². The Morgan fingerprint density at radius 2 is 2.11 bits per heavy atom. The fraction of sp³-hybridized carbons (Fsp3) is 0.533. The highest BCUT2D eigenvalue weighted by molar-refractivity contribution is 5.76. The fourth-order valence-electron chi connectivity index (χ4n) is 2.48. The summed E-state index contributed by atoms with van der Waals surface area (Å²) < 4.78 is 12.7. The van der Waals surface area contributed by atoms with Crippen LogP contribution in [0.5, 0.6) is 0 Å². The molecule has 1 aliphatic heterocycles. The molecular weight excluding hydrogens is 229 g/mol. The van der Waals surface area contributed by atoms with E-state index in [1.165, 1.54) is 18.6 Å². The monoisotopic (exact) mass is 249 g/mol. The fourth-order valence-corrected chi connectivity index (χ4v) is 2.48. The van der Waals surface area contributed by atoms with Gasteiger partial charge in [-0.1, -0.05) is 19.1 Å². The molecule has 0 N–H and O–H groups in total. The van der Waals surface area contributed by atoms with Crippen molar-refractivity contribution in [2.24, 2.45) is 5.92 Å². The summed E-state index contributed by atoms with van der Waals surface area (Å²) in [7, 11) is 0. The van der Waals surface area contributed by atoms with Gasteiger partial charge in [0, 0.05) is 19.5 Å². The molecule has 98 valence electrons. The maximum Gasteiger partial charge on any atom is 0.222 e. The minimum absolute atomic E-state index is 0.227. The van der Waals surface area contributed by atoms with Gasteiger partial charge in [0.15, 0.2) is 0 Å². The third kappa shape index (κ3) is 3.56. The highest BCUT2D eigenvalue weighted by Crippen LogP contribution is 2.17. The molecule has 1 saturated heterocycles. The third-order valence-electron chi connectivity index (χ3n) is 3.55. The van der Waals surface area contributed by atoms with Crippen molar-refractivity contribution in [1.82, 2.24) is 4.90 Å². The van der Waals surface area contributed by atoms with Crippen LogP contribution in [0.2, 0.25) is 0 Å². The molecule has 0 aromatic heterocycles. The van der Waals surface area contributed by atoms with E-state index in [0.29, 0.717) is 18.8 Å². The second-order valence-corrected chi connectivity index (χ2v) is 5.21. The van der Waals surface area contributed by atoms with E-state index < -0.39 is 0 Å². The number of amides is 1. The lowest BCUT2D eigenvalue weighted by Crippen LogP contribution is -2.39. The molecular formula is C15H20FNO. The molecule has 1 unspecified atom stereocenters. The lowest BCUT2D eigenvalue weighted by molar-refractivity contribution is -0.132. The van der Waals surface area contributed by atoms with E-state index in [4.69, 9.17) is 0 Å². The molecule has 0 saturated carbocycles. The third-order valence-corrected chi connectivity index (χ3v) is 3.55. The second-order valence-electron chi connectivity index (χ2n) is 5.21. The van der Waals surface area contributed by atoms with E-state index in [2.05, 4.69) is 6.92 Å². The number of nitrogens with zero attached hydrogens (tertiary/aromatic N) is 1.